The first-order valence-electron chi connectivity index (χ1n) is 11.1. The number of anilines is 1. The molecule has 0 radical (unpaired) electrons. The molecule has 2 aliphatic rings. The molecule has 1 unspecified atom stereocenters. The van der Waals surface area contributed by atoms with Crippen molar-refractivity contribution in [2.24, 2.45) is 5.41 Å². The van der Waals surface area contributed by atoms with E-state index in [1.807, 2.05) is 56.3 Å². The van der Waals surface area contributed by atoms with E-state index in [9.17, 15) is 19.7 Å². The molecule has 0 aromatic heterocycles. The lowest BCUT2D eigenvalue weighted by molar-refractivity contribution is -0.384. The number of non-ortho nitro benzene ring substituents is 1. The molecule has 6 heteroatoms. The molecule has 6 nitrogen and oxygen atoms in total. The number of allylic oxidation sites excluding steroid dienone is 2. The molecule has 3 aromatic rings. The summed E-state index contributed by atoms with van der Waals surface area (Å²) in [5, 5.41) is 13.5. The van der Waals surface area contributed by atoms with Gasteiger partial charge in [0.15, 0.2) is 5.78 Å². The molecule has 0 fully saturated rings. The zero-order valence-electron chi connectivity index (χ0n) is 18.6. The highest BCUT2D eigenvalue weighted by Crippen LogP contribution is 2.49. The van der Waals surface area contributed by atoms with Crippen LogP contribution in [0.25, 0.3) is 10.8 Å². The van der Waals surface area contributed by atoms with E-state index in [-0.39, 0.29) is 35.1 Å². The van der Waals surface area contributed by atoms with Crippen LogP contribution in [0.3, 0.4) is 0 Å². The smallest absolute Gasteiger partial charge is 0.271 e. The van der Waals surface area contributed by atoms with Gasteiger partial charge in [-0.1, -0.05) is 62.4 Å². The van der Waals surface area contributed by atoms with E-state index >= 15 is 0 Å². The van der Waals surface area contributed by atoms with Crippen LogP contribution >= 0.6 is 0 Å². The molecule has 1 aliphatic heterocycles. The van der Waals surface area contributed by atoms with Crippen LogP contribution in [0.5, 0.6) is 0 Å². The summed E-state index contributed by atoms with van der Waals surface area (Å²) in [6.45, 7) is 4.04. The van der Waals surface area contributed by atoms with Crippen LogP contribution in [-0.4, -0.2) is 16.6 Å². The van der Waals surface area contributed by atoms with Crippen molar-refractivity contribution in [2.75, 3.05) is 4.90 Å². The van der Waals surface area contributed by atoms with Gasteiger partial charge in [0.05, 0.1) is 10.6 Å². The Morgan fingerprint density at radius 1 is 0.970 bits per heavy atom. The van der Waals surface area contributed by atoms with Gasteiger partial charge in [-0.15, -0.1) is 0 Å². The number of nitro benzene ring substituents is 1. The van der Waals surface area contributed by atoms with Crippen molar-refractivity contribution in [3.63, 3.8) is 0 Å². The molecule has 33 heavy (non-hydrogen) atoms. The third-order valence-corrected chi connectivity index (χ3v) is 6.64. The predicted molar refractivity (Wildman–Crippen MR) is 127 cm³/mol. The molecule has 1 amide bonds. The number of hydrogen-bond donors (Lipinski definition) is 0. The van der Waals surface area contributed by atoms with E-state index < -0.39 is 4.92 Å². The number of carbonyl (C=O) groups excluding carboxylic acids is 2. The van der Waals surface area contributed by atoms with E-state index in [4.69, 9.17) is 0 Å². The number of ketones is 1. The minimum absolute atomic E-state index is 0.0436. The molecule has 0 saturated heterocycles. The van der Waals surface area contributed by atoms with E-state index in [1.54, 1.807) is 17.0 Å². The fraction of sp³-hybridized carbons (Fsp3) is 0.259. The summed E-state index contributed by atoms with van der Waals surface area (Å²) in [5.74, 6) is -0.447. The molecule has 1 atom stereocenters. The third kappa shape index (κ3) is 3.61. The Morgan fingerprint density at radius 2 is 1.70 bits per heavy atom. The van der Waals surface area contributed by atoms with E-state index in [1.165, 1.54) is 12.1 Å². The number of fused-ring (bicyclic) bond motifs is 1. The van der Waals surface area contributed by atoms with Crippen LogP contribution in [0.1, 0.15) is 44.6 Å². The lowest BCUT2D eigenvalue weighted by Crippen LogP contribution is -2.43. The Labute approximate surface area is 191 Å². The maximum absolute atomic E-state index is 13.6. The minimum atomic E-state index is -0.470. The minimum Gasteiger partial charge on any atom is -0.294 e. The zero-order valence-corrected chi connectivity index (χ0v) is 18.6. The van der Waals surface area contributed by atoms with Gasteiger partial charge in [-0.05, 0) is 34.2 Å². The van der Waals surface area contributed by atoms with Crippen molar-refractivity contribution >= 4 is 33.8 Å². The largest absolute Gasteiger partial charge is 0.294 e. The first-order chi connectivity index (χ1) is 15.7. The highest BCUT2D eigenvalue weighted by molar-refractivity contribution is 6.08. The van der Waals surface area contributed by atoms with Gasteiger partial charge in [0.2, 0.25) is 5.91 Å². The number of carbonyl (C=O) groups is 2. The van der Waals surface area contributed by atoms with Crippen LogP contribution in [0.2, 0.25) is 0 Å². The van der Waals surface area contributed by atoms with Crippen LogP contribution in [-0.2, 0) is 9.59 Å². The van der Waals surface area contributed by atoms with Gasteiger partial charge < -0.3 is 0 Å². The third-order valence-electron chi connectivity index (χ3n) is 6.64. The van der Waals surface area contributed by atoms with Crippen molar-refractivity contribution in [3.8, 4) is 0 Å². The SMILES string of the molecule is CC1(C)CC(=O)C2=C(C1)N(c1cccc([N+](=O)[O-])c1)C(=O)CC2c1cccc2ccccc12. The van der Waals surface area contributed by atoms with Gasteiger partial charge in [0, 0.05) is 42.2 Å². The number of amides is 1. The van der Waals surface area contributed by atoms with Gasteiger partial charge in [0.1, 0.15) is 0 Å². The van der Waals surface area contributed by atoms with Gasteiger partial charge in [-0.3, -0.25) is 24.6 Å². The standard InChI is InChI=1S/C27H24N2O4/c1-27(2)15-23-26(24(30)16-27)22(21-12-5-8-17-7-3-4-11-20(17)21)14-25(31)28(23)18-9-6-10-19(13-18)29(32)33/h3-13,22H,14-16H2,1-2H3. The maximum atomic E-state index is 13.6. The molecule has 0 N–H and O–H groups in total. The normalized spacial score (nSPS) is 20.2. The Hall–Kier alpha value is -3.80. The monoisotopic (exact) mass is 440 g/mol. The zero-order chi connectivity index (χ0) is 23.3. The lowest BCUT2D eigenvalue weighted by Gasteiger charge is -2.43. The molecule has 3 aromatic carbocycles. The van der Waals surface area contributed by atoms with Crippen molar-refractivity contribution in [2.45, 2.75) is 39.0 Å². The summed E-state index contributed by atoms with van der Waals surface area (Å²) in [7, 11) is 0. The first kappa shape index (κ1) is 21.1. The number of nitrogens with zero attached hydrogens (tertiary/aromatic N) is 2. The number of nitro groups is 1. The van der Waals surface area contributed by atoms with Gasteiger partial charge in [-0.2, -0.15) is 0 Å². The van der Waals surface area contributed by atoms with E-state index in [0.717, 1.165) is 16.3 Å². The molecule has 0 spiro atoms. The highest BCUT2D eigenvalue weighted by Gasteiger charge is 2.44. The molecular formula is C27H24N2O4. The van der Waals surface area contributed by atoms with E-state index in [2.05, 4.69) is 0 Å². The summed E-state index contributed by atoms with van der Waals surface area (Å²) in [6, 6.07) is 20.1. The number of benzene rings is 3. The average molecular weight is 440 g/mol. The molecule has 0 bridgehead atoms. The average Bonchev–Trinajstić information content (AvgIpc) is 2.77. The van der Waals surface area contributed by atoms with Crippen molar-refractivity contribution in [1.82, 2.24) is 0 Å². The summed E-state index contributed by atoms with van der Waals surface area (Å²) in [5.41, 5.74) is 2.35. The molecule has 5 rings (SSSR count). The second-order valence-corrected chi connectivity index (χ2v) is 9.63. The summed E-state index contributed by atoms with van der Waals surface area (Å²) in [6.07, 6.45) is 1.09. The fourth-order valence-electron chi connectivity index (χ4n) is 5.28. The summed E-state index contributed by atoms with van der Waals surface area (Å²) < 4.78 is 0. The fourth-order valence-corrected chi connectivity index (χ4v) is 5.28. The first-order valence-corrected chi connectivity index (χ1v) is 11.1. The van der Waals surface area contributed by atoms with E-state index in [0.29, 0.717) is 29.8 Å². The van der Waals surface area contributed by atoms with Crippen molar-refractivity contribution in [3.05, 3.63) is 93.7 Å². The van der Waals surface area contributed by atoms with Gasteiger partial charge in [-0.25, -0.2) is 0 Å². The Kier molecular flexibility index (Phi) is 4.89. The highest BCUT2D eigenvalue weighted by atomic mass is 16.6. The summed E-state index contributed by atoms with van der Waals surface area (Å²) in [4.78, 5) is 39.5. The topological polar surface area (TPSA) is 80.5 Å². The predicted octanol–water partition coefficient (Wildman–Crippen LogP) is 5.91. The van der Waals surface area contributed by atoms with Crippen molar-refractivity contribution < 1.29 is 14.5 Å². The van der Waals surface area contributed by atoms with Crippen molar-refractivity contribution in [1.29, 1.82) is 0 Å². The van der Waals surface area contributed by atoms with Gasteiger partial charge in [0.25, 0.3) is 5.69 Å². The Bertz CT molecular complexity index is 1350. The second-order valence-electron chi connectivity index (χ2n) is 9.63. The quantitative estimate of drug-likeness (QED) is 0.374. The van der Waals surface area contributed by atoms with Crippen LogP contribution < -0.4 is 4.90 Å². The number of Topliss-reactive ketones (excluding diaryl/α,β-unsaturated/α-hetero) is 1. The molecule has 0 saturated carbocycles. The van der Waals surface area contributed by atoms with Gasteiger partial charge >= 0.3 is 0 Å². The lowest BCUT2D eigenvalue weighted by atomic mass is 9.69. The van der Waals surface area contributed by atoms with Crippen LogP contribution in [0, 0.1) is 15.5 Å². The maximum Gasteiger partial charge on any atom is 0.271 e. The number of rotatable bonds is 3. The molecular weight excluding hydrogens is 416 g/mol. The number of hydrogen-bond acceptors (Lipinski definition) is 4. The molecule has 1 heterocycles. The Balaban J connectivity index is 1.73. The molecule has 1 aliphatic carbocycles. The molecule has 166 valence electrons. The summed E-state index contributed by atoms with van der Waals surface area (Å²) >= 11 is 0. The Morgan fingerprint density at radius 3 is 2.48 bits per heavy atom. The van der Waals surface area contributed by atoms with Crippen LogP contribution in [0.15, 0.2) is 78.0 Å². The van der Waals surface area contributed by atoms with Crippen LogP contribution in [0.4, 0.5) is 11.4 Å². The second kappa shape index (κ2) is 7.66.